The summed E-state index contributed by atoms with van der Waals surface area (Å²) in [5, 5.41) is 3.21. The molecule has 0 radical (unpaired) electrons. The van der Waals surface area contributed by atoms with E-state index < -0.39 is 15.9 Å². The molecule has 0 spiro atoms. The molecule has 7 nitrogen and oxygen atoms in total. The van der Waals surface area contributed by atoms with Crippen LogP contribution in [0.3, 0.4) is 0 Å². The van der Waals surface area contributed by atoms with Gasteiger partial charge in [-0.1, -0.05) is 11.6 Å². The average Bonchev–Trinajstić information content (AvgIpc) is 2.65. The van der Waals surface area contributed by atoms with Crippen molar-refractivity contribution in [2.24, 2.45) is 0 Å². The number of sulfonamides is 1. The van der Waals surface area contributed by atoms with E-state index in [9.17, 15) is 13.2 Å². The first-order chi connectivity index (χ1) is 13.2. The Morgan fingerprint density at radius 1 is 1.11 bits per heavy atom. The van der Waals surface area contributed by atoms with Crippen molar-refractivity contribution >= 4 is 33.2 Å². The van der Waals surface area contributed by atoms with E-state index in [0.717, 1.165) is 16.3 Å². The van der Waals surface area contributed by atoms with Gasteiger partial charge in [-0.25, -0.2) is 8.42 Å². The first-order valence-corrected chi connectivity index (χ1v) is 10.7. The van der Waals surface area contributed by atoms with E-state index in [1.807, 2.05) is 0 Å². The Labute approximate surface area is 170 Å². The maximum Gasteiger partial charge on any atom is 0.241 e. The molecule has 1 amide bonds. The summed E-state index contributed by atoms with van der Waals surface area (Å²) in [5.41, 5.74) is 0.365. The largest absolute Gasteiger partial charge is 0.497 e. The number of benzene rings is 2. The molecule has 2 aromatic carbocycles. The number of nitrogens with one attached hydrogen (secondary N) is 1. The quantitative estimate of drug-likeness (QED) is 0.666. The number of ether oxygens (including phenoxy) is 2. The summed E-state index contributed by atoms with van der Waals surface area (Å²) in [6.45, 7) is 1.67. The van der Waals surface area contributed by atoms with Gasteiger partial charge in [-0.2, -0.15) is 0 Å². The van der Waals surface area contributed by atoms with Gasteiger partial charge in [0.05, 0.1) is 25.1 Å². The van der Waals surface area contributed by atoms with E-state index in [2.05, 4.69) is 5.32 Å². The number of carbonyl (C=O) groups is 1. The fourth-order valence-corrected chi connectivity index (χ4v) is 3.38. The molecule has 0 bridgehead atoms. The predicted molar refractivity (Wildman–Crippen MR) is 110 cm³/mol. The van der Waals surface area contributed by atoms with Gasteiger partial charge in [-0.05, 0) is 55.5 Å². The minimum absolute atomic E-state index is 0.234. The summed E-state index contributed by atoms with van der Waals surface area (Å²) in [7, 11) is -2.06. The number of hydrogen-bond donors (Lipinski definition) is 1. The number of methoxy groups -OCH3 is 1. The van der Waals surface area contributed by atoms with Crippen molar-refractivity contribution in [1.29, 1.82) is 0 Å². The molecule has 152 valence electrons. The fraction of sp³-hybridized carbons (Fsp3) is 0.316. The summed E-state index contributed by atoms with van der Waals surface area (Å²) >= 11 is 5.84. The van der Waals surface area contributed by atoms with Crippen molar-refractivity contribution in [3.8, 4) is 11.5 Å². The van der Waals surface area contributed by atoms with Crippen LogP contribution in [-0.2, 0) is 14.8 Å². The lowest BCUT2D eigenvalue weighted by Crippen LogP contribution is -2.44. The molecule has 0 saturated carbocycles. The van der Waals surface area contributed by atoms with Crippen LogP contribution in [0.15, 0.2) is 48.5 Å². The third-order valence-corrected chi connectivity index (χ3v) is 5.16. The molecule has 0 heterocycles. The standard InChI is InChI=1S/C19H23ClN2O5S/c1-14(13-27-18-10-8-17(26-2)9-11-18)21-19(23)12-22(28(3,24)25)16-6-4-15(20)5-7-16/h4-11,14H,12-13H2,1-3H3,(H,21,23). The number of hydrogen-bond acceptors (Lipinski definition) is 5. The zero-order valence-corrected chi connectivity index (χ0v) is 17.5. The van der Waals surface area contributed by atoms with E-state index in [-0.39, 0.29) is 19.2 Å². The Balaban J connectivity index is 1.93. The lowest BCUT2D eigenvalue weighted by Gasteiger charge is -2.23. The smallest absolute Gasteiger partial charge is 0.241 e. The van der Waals surface area contributed by atoms with Gasteiger partial charge in [0.15, 0.2) is 0 Å². The van der Waals surface area contributed by atoms with Gasteiger partial charge >= 0.3 is 0 Å². The Kier molecular flexibility index (Phi) is 7.53. The molecule has 9 heteroatoms. The molecule has 0 aliphatic heterocycles. The molecule has 2 rings (SSSR count). The van der Waals surface area contributed by atoms with Gasteiger partial charge in [0.1, 0.15) is 24.7 Å². The molecule has 1 atom stereocenters. The number of halogens is 1. The van der Waals surface area contributed by atoms with Crippen molar-refractivity contribution in [3.05, 3.63) is 53.6 Å². The minimum atomic E-state index is -3.64. The van der Waals surface area contributed by atoms with Gasteiger partial charge in [-0.15, -0.1) is 0 Å². The second-order valence-electron chi connectivity index (χ2n) is 6.20. The lowest BCUT2D eigenvalue weighted by molar-refractivity contribution is -0.120. The van der Waals surface area contributed by atoms with Crippen LogP contribution in [0.4, 0.5) is 5.69 Å². The van der Waals surface area contributed by atoms with Crippen LogP contribution in [0.25, 0.3) is 0 Å². The number of carbonyl (C=O) groups excluding carboxylic acids is 1. The Bertz CT molecular complexity index is 886. The first kappa shape index (κ1) is 21.8. The van der Waals surface area contributed by atoms with Gasteiger partial charge < -0.3 is 14.8 Å². The molecule has 2 aromatic rings. The van der Waals surface area contributed by atoms with Crippen LogP contribution in [0.5, 0.6) is 11.5 Å². The maximum absolute atomic E-state index is 12.3. The van der Waals surface area contributed by atoms with E-state index in [0.29, 0.717) is 16.5 Å². The molecule has 28 heavy (non-hydrogen) atoms. The second kappa shape index (κ2) is 9.66. The van der Waals surface area contributed by atoms with Crippen LogP contribution in [0, 0.1) is 0 Å². The summed E-state index contributed by atoms with van der Waals surface area (Å²) in [5.74, 6) is 0.920. The zero-order valence-electron chi connectivity index (χ0n) is 15.9. The van der Waals surface area contributed by atoms with Crippen molar-refractivity contribution in [3.63, 3.8) is 0 Å². The minimum Gasteiger partial charge on any atom is -0.497 e. The third-order valence-electron chi connectivity index (χ3n) is 3.77. The van der Waals surface area contributed by atoms with Gasteiger partial charge in [0.25, 0.3) is 0 Å². The molecule has 0 aromatic heterocycles. The molecule has 1 unspecified atom stereocenters. The Morgan fingerprint density at radius 3 is 2.21 bits per heavy atom. The summed E-state index contributed by atoms with van der Waals surface area (Å²) in [4.78, 5) is 12.3. The SMILES string of the molecule is COc1ccc(OCC(C)NC(=O)CN(c2ccc(Cl)cc2)S(C)(=O)=O)cc1. The highest BCUT2D eigenvalue weighted by atomic mass is 35.5. The maximum atomic E-state index is 12.3. The first-order valence-electron chi connectivity index (χ1n) is 8.48. The summed E-state index contributed by atoms with van der Waals surface area (Å²) in [6.07, 6.45) is 1.05. The van der Waals surface area contributed by atoms with E-state index in [1.165, 1.54) is 0 Å². The highest BCUT2D eigenvalue weighted by molar-refractivity contribution is 7.92. The number of nitrogens with zero attached hydrogens (tertiary/aromatic N) is 1. The monoisotopic (exact) mass is 426 g/mol. The van der Waals surface area contributed by atoms with Gasteiger partial charge in [0.2, 0.25) is 15.9 Å². The van der Waals surface area contributed by atoms with E-state index in [1.54, 1.807) is 62.6 Å². The second-order valence-corrected chi connectivity index (χ2v) is 8.54. The summed E-state index contributed by atoms with van der Waals surface area (Å²) < 4.78 is 35.9. The number of amides is 1. The summed E-state index contributed by atoms with van der Waals surface area (Å²) in [6, 6.07) is 13.0. The van der Waals surface area contributed by atoms with Crippen molar-refractivity contribution in [2.75, 3.05) is 30.8 Å². The van der Waals surface area contributed by atoms with Crippen molar-refractivity contribution < 1.29 is 22.7 Å². The average molecular weight is 427 g/mol. The molecule has 1 N–H and O–H groups in total. The normalized spacial score (nSPS) is 12.1. The molecule has 0 saturated heterocycles. The number of anilines is 1. The Hall–Kier alpha value is -2.45. The molecule has 0 fully saturated rings. The zero-order chi connectivity index (χ0) is 20.7. The molecular formula is C19H23ClN2O5S. The highest BCUT2D eigenvalue weighted by Gasteiger charge is 2.21. The van der Waals surface area contributed by atoms with Gasteiger partial charge in [-0.3, -0.25) is 9.10 Å². The highest BCUT2D eigenvalue weighted by Crippen LogP contribution is 2.20. The van der Waals surface area contributed by atoms with Crippen molar-refractivity contribution in [1.82, 2.24) is 5.32 Å². The fourth-order valence-electron chi connectivity index (χ4n) is 2.39. The van der Waals surface area contributed by atoms with Crippen molar-refractivity contribution in [2.45, 2.75) is 13.0 Å². The van der Waals surface area contributed by atoms with Crippen LogP contribution in [0.2, 0.25) is 5.02 Å². The predicted octanol–water partition coefficient (Wildman–Crippen LogP) is 2.70. The lowest BCUT2D eigenvalue weighted by atomic mass is 10.3. The molecule has 0 aliphatic carbocycles. The number of rotatable bonds is 9. The molecular weight excluding hydrogens is 404 g/mol. The Morgan fingerprint density at radius 2 is 1.68 bits per heavy atom. The van der Waals surface area contributed by atoms with E-state index >= 15 is 0 Å². The third kappa shape index (κ3) is 6.61. The van der Waals surface area contributed by atoms with Crippen LogP contribution in [-0.4, -0.2) is 46.9 Å². The van der Waals surface area contributed by atoms with E-state index in [4.69, 9.17) is 21.1 Å². The topological polar surface area (TPSA) is 84.9 Å². The van der Waals surface area contributed by atoms with Crippen LogP contribution < -0.4 is 19.1 Å². The molecule has 0 aliphatic rings. The van der Waals surface area contributed by atoms with Crippen LogP contribution >= 0.6 is 11.6 Å². The van der Waals surface area contributed by atoms with Gasteiger partial charge in [0, 0.05) is 5.02 Å². The van der Waals surface area contributed by atoms with Crippen LogP contribution in [0.1, 0.15) is 6.92 Å².